The van der Waals surface area contributed by atoms with E-state index in [0.29, 0.717) is 37.6 Å². The predicted molar refractivity (Wildman–Crippen MR) is 97.1 cm³/mol. The van der Waals surface area contributed by atoms with Crippen LogP contribution in [0.2, 0.25) is 0 Å². The summed E-state index contributed by atoms with van der Waals surface area (Å²) in [6, 6.07) is 5.99. The number of nitrogens with one attached hydrogen (secondary N) is 2. The molecule has 0 fully saturated rings. The fraction of sp³-hybridized carbons (Fsp3) is 0.400. The zero-order valence-corrected chi connectivity index (χ0v) is 15.3. The lowest BCUT2D eigenvalue weighted by Gasteiger charge is -2.06. The van der Waals surface area contributed by atoms with E-state index in [1.165, 1.54) is 16.8 Å². The third kappa shape index (κ3) is 5.48. The quantitative estimate of drug-likeness (QED) is 0.373. The summed E-state index contributed by atoms with van der Waals surface area (Å²) in [6.07, 6.45) is 0. The van der Waals surface area contributed by atoms with Gasteiger partial charge in [0.25, 0.3) is 11.6 Å². The van der Waals surface area contributed by atoms with Crippen LogP contribution in [0.3, 0.4) is 0 Å². The van der Waals surface area contributed by atoms with Crippen molar-refractivity contribution in [2.75, 3.05) is 33.4 Å². The van der Waals surface area contributed by atoms with E-state index in [1.807, 2.05) is 0 Å². The molecule has 0 atom stereocenters. The molecule has 0 aliphatic rings. The van der Waals surface area contributed by atoms with Gasteiger partial charge in [-0.2, -0.15) is 0 Å². The molecular weight excluding hydrogens is 364 g/mol. The van der Waals surface area contributed by atoms with Gasteiger partial charge in [-0.25, -0.2) is 4.68 Å². The topological polar surface area (TPSA) is 124 Å². The maximum Gasteiger partial charge on any atom is 0.273 e. The third-order valence-electron chi connectivity index (χ3n) is 3.47. The van der Waals surface area contributed by atoms with E-state index in [9.17, 15) is 14.9 Å². The largest absolute Gasteiger partial charge is 0.383 e. The molecule has 142 valence electrons. The summed E-state index contributed by atoms with van der Waals surface area (Å²) < 4.78 is 6.31. The number of nitrogens with zero attached hydrogens (tertiary/aromatic N) is 4. The number of nitro groups is 1. The highest BCUT2D eigenvalue weighted by molar-refractivity contribution is 5.93. The Balaban J connectivity index is 0.00000338. The van der Waals surface area contributed by atoms with Gasteiger partial charge in [0.05, 0.1) is 22.9 Å². The van der Waals surface area contributed by atoms with Gasteiger partial charge in [-0.3, -0.25) is 14.9 Å². The highest BCUT2D eigenvalue weighted by atomic mass is 35.5. The molecule has 11 heteroatoms. The van der Waals surface area contributed by atoms with Crippen LogP contribution in [0.5, 0.6) is 0 Å². The summed E-state index contributed by atoms with van der Waals surface area (Å²) in [6.45, 7) is 4.03. The Hall–Kier alpha value is -2.56. The summed E-state index contributed by atoms with van der Waals surface area (Å²) in [5.74, 6) is -0.345. The van der Waals surface area contributed by atoms with Crippen molar-refractivity contribution in [2.45, 2.75) is 6.92 Å². The standard InChI is InChI=1S/C15H20N6O4.ClH/c1-11-14(15(22)17-7-6-16-8-9-25-2)18-19-20(11)12-4-3-5-13(10-12)21(23)24;/h3-5,10,16H,6-9H2,1-2H3,(H,17,22);1H. The van der Waals surface area contributed by atoms with E-state index >= 15 is 0 Å². The lowest BCUT2D eigenvalue weighted by molar-refractivity contribution is -0.384. The number of carbonyl (C=O) groups is 1. The second kappa shape index (κ2) is 10.4. The molecule has 0 aliphatic heterocycles. The number of amides is 1. The summed E-state index contributed by atoms with van der Waals surface area (Å²) in [5, 5.41) is 24.5. The van der Waals surface area contributed by atoms with E-state index in [0.717, 1.165) is 0 Å². The van der Waals surface area contributed by atoms with Gasteiger partial charge < -0.3 is 15.4 Å². The molecule has 1 amide bonds. The molecule has 0 bridgehead atoms. The number of hydrogen-bond donors (Lipinski definition) is 2. The molecule has 0 saturated heterocycles. The molecule has 26 heavy (non-hydrogen) atoms. The molecule has 2 aromatic rings. The molecule has 0 unspecified atom stereocenters. The smallest absolute Gasteiger partial charge is 0.273 e. The zero-order chi connectivity index (χ0) is 18.2. The Morgan fingerprint density at radius 3 is 2.81 bits per heavy atom. The van der Waals surface area contributed by atoms with Crippen molar-refractivity contribution in [1.29, 1.82) is 0 Å². The fourth-order valence-electron chi connectivity index (χ4n) is 2.17. The Kier molecular flexibility index (Phi) is 8.62. The molecule has 1 aromatic carbocycles. The van der Waals surface area contributed by atoms with E-state index in [2.05, 4.69) is 20.9 Å². The first kappa shape index (κ1) is 21.5. The van der Waals surface area contributed by atoms with Crippen molar-refractivity contribution < 1.29 is 14.5 Å². The van der Waals surface area contributed by atoms with Crippen LogP contribution >= 0.6 is 12.4 Å². The second-order valence-corrected chi connectivity index (χ2v) is 5.21. The minimum Gasteiger partial charge on any atom is -0.383 e. The maximum absolute atomic E-state index is 12.2. The van der Waals surface area contributed by atoms with Gasteiger partial charge in [0.15, 0.2) is 5.69 Å². The van der Waals surface area contributed by atoms with E-state index in [-0.39, 0.29) is 29.7 Å². The van der Waals surface area contributed by atoms with Crippen molar-refractivity contribution in [1.82, 2.24) is 25.6 Å². The molecule has 10 nitrogen and oxygen atoms in total. The van der Waals surface area contributed by atoms with Crippen molar-refractivity contribution in [2.24, 2.45) is 0 Å². The minimum atomic E-state index is -0.486. The highest BCUT2D eigenvalue weighted by Gasteiger charge is 2.18. The van der Waals surface area contributed by atoms with Gasteiger partial charge in [0, 0.05) is 38.9 Å². The summed E-state index contributed by atoms with van der Waals surface area (Å²) >= 11 is 0. The Morgan fingerprint density at radius 1 is 1.35 bits per heavy atom. The molecule has 2 rings (SSSR count). The molecule has 0 spiro atoms. The number of carbonyl (C=O) groups excluding carboxylic acids is 1. The zero-order valence-electron chi connectivity index (χ0n) is 14.5. The Labute approximate surface area is 156 Å². The summed E-state index contributed by atoms with van der Waals surface area (Å²) in [5.41, 5.74) is 1.11. The number of aromatic nitrogens is 3. The van der Waals surface area contributed by atoms with Gasteiger partial charge >= 0.3 is 0 Å². The van der Waals surface area contributed by atoms with Crippen LogP contribution in [0.4, 0.5) is 5.69 Å². The van der Waals surface area contributed by atoms with Gasteiger partial charge in [-0.05, 0) is 13.0 Å². The molecule has 0 aliphatic carbocycles. The van der Waals surface area contributed by atoms with Crippen molar-refractivity contribution >= 4 is 24.0 Å². The second-order valence-electron chi connectivity index (χ2n) is 5.21. The number of methoxy groups -OCH3 is 1. The van der Waals surface area contributed by atoms with Crippen molar-refractivity contribution in [3.63, 3.8) is 0 Å². The van der Waals surface area contributed by atoms with E-state index in [1.54, 1.807) is 26.2 Å². The first-order valence-electron chi connectivity index (χ1n) is 7.69. The minimum absolute atomic E-state index is 0. The number of hydrogen-bond acceptors (Lipinski definition) is 7. The van der Waals surface area contributed by atoms with Crippen molar-refractivity contribution in [3.05, 3.63) is 45.8 Å². The molecule has 0 saturated carbocycles. The van der Waals surface area contributed by atoms with Gasteiger partial charge in [0.2, 0.25) is 0 Å². The normalized spacial score (nSPS) is 10.2. The molecule has 1 aromatic heterocycles. The van der Waals surface area contributed by atoms with E-state index in [4.69, 9.17) is 4.74 Å². The Bertz CT molecular complexity index is 751. The number of ether oxygens (including phenoxy) is 1. The number of halogens is 1. The number of non-ortho nitro benzene ring substituents is 1. The average Bonchev–Trinajstić information content (AvgIpc) is 2.99. The molecule has 2 N–H and O–H groups in total. The lowest BCUT2D eigenvalue weighted by Crippen LogP contribution is -2.33. The average molecular weight is 385 g/mol. The van der Waals surface area contributed by atoms with Gasteiger partial charge in [-0.1, -0.05) is 11.3 Å². The van der Waals surface area contributed by atoms with Crippen LogP contribution in [0, 0.1) is 17.0 Å². The first-order chi connectivity index (χ1) is 12.0. The number of nitro benzene ring substituents is 1. The lowest BCUT2D eigenvalue weighted by atomic mass is 10.2. The summed E-state index contributed by atoms with van der Waals surface area (Å²) in [4.78, 5) is 22.6. The maximum atomic E-state index is 12.2. The van der Waals surface area contributed by atoms with Crippen LogP contribution in [0.15, 0.2) is 24.3 Å². The fourth-order valence-corrected chi connectivity index (χ4v) is 2.17. The molecule has 1 heterocycles. The third-order valence-corrected chi connectivity index (χ3v) is 3.47. The summed E-state index contributed by atoms with van der Waals surface area (Å²) in [7, 11) is 1.62. The Morgan fingerprint density at radius 2 is 2.12 bits per heavy atom. The SMILES string of the molecule is COCCNCCNC(=O)c1nnn(-c2cccc([N+](=O)[O-])c2)c1C.Cl. The number of rotatable bonds is 9. The van der Waals surface area contributed by atoms with Crippen LogP contribution in [0.1, 0.15) is 16.2 Å². The molecular formula is C15H21ClN6O4. The van der Waals surface area contributed by atoms with Crippen LogP contribution in [0.25, 0.3) is 5.69 Å². The van der Waals surface area contributed by atoms with Gasteiger partial charge in [0.1, 0.15) is 0 Å². The van der Waals surface area contributed by atoms with Crippen LogP contribution in [-0.2, 0) is 4.74 Å². The predicted octanol–water partition coefficient (Wildman–Crippen LogP) is 0.872. The van der Waals surface area contributed by atoms with Crippen LogP contribution in [-0.4, -0.2) is 59.2 Å². The van der Waals surface area contributed by atoms with Crippen molar-refractivity contribution in [3.8, 4) is 5.69 Å². The monoisotopic (exact) mass is 384 g/mol. The first-order valence-corrected chi connectivity index (χ1v) is 7.69. The van der Waals surface area contributed by atoms with Crippen LogP contribution < -0.4 is 10.6 Å². The van der Waals surface area contributed by atoms with Gasteiger partial charge in [-0.15, -0.1) is 17.5 Å². The number of benzene rings is 1. The highest BCUT2D eigenvalue weighted by Crippen LogP contribution is 2.18. The molecule has 0 radical (unpaired) electrons. The van der Waals surface area contributed by atoms with E-state index < -0.39 is 4.92 Å².